The lowest BCUT2D eigenvalue weighted by Gasteiger charge is -2.04. The molecule has 0 aliphatic heterocycles. The number of rotatable bonds is 3. The zero-order chi connectivity index (χ0) is 29.5. The first-order chi connectivity index (χ1) is 18.6. The number of hydrogen-bond acceptors (Lipinski definition) is 9. The lowest BCUT2D eigenvalue weighted by atomic mass is 10.2. The molecule has 0 spiro atoms. The Labute approximate surface area is 261 Å². The third kappa shape index (κ3) is 10.5. The number of amides is 1. The summed E-state index contributed by atoms with van der Waals surface area (Å²) in [6.45, 7) is 0. The van der Waals surface area contributed by atoms with E-state index in [0.29, 0.717) is 22.5 Å². The summed E-state index contributed by atoms with van der Waals surface area (Å²) in [5.41, 5.74) is 7.28. The minimum absolute atomic E-state index is 0.0976. The summed E-state index contributed by atoms with van der Waals surface area (Å²) >= 11 is 34.0. The Hall–Kier alpha value is -2.64. The Morgan fingerprint density at radius 3 is 1.67 bits per heavy atom. The van der Waals surface area contributed by atoms with Crippen molar-refractivity contribution in [3.05, 3.63) is 89.8 Å². The van der Waals surface area contributed by atoms with E-state index >= 15 is 0 Å². The average molecular weight is 683 g/mol. The van der Waals surface area contributed by atoms with E-state index in [1.165, 1.54) is 6.38 Å². The second-order valence-electron chi connectivity index (χ2n) is 6.32. The number of para-hydroxylation sites is 2. The third-order valence-corrected chi connectivity index (χ3v) is 7.85. The van der Waals surface area contributed by atoms with E-state index in [4.69, 9.17) is 74.3 Å². The first-order valence-electron chi connectivity index (χ1n) is 9.84. The normalized spacial score (nSPS) is 9.15. The number of nitrogen functional groups attached to an aromatic ring is 1. The molecule has 0 saturated carbocycles. The summed E-state index contributed by atoms with van der Waals surface area (Å²) in [6, 6.07) is 17.6. The number of halogens is 6. The summed E-state index contributed by atoms with van der Waals surface area (Å²) in [5, 5.41) is 19.7. The number of anilines is 2. The maximum Gasteiger partial charge on any atom is 0.269 e. The van der Waals surface area contributed by atoms with Crippen LogP contribution in [0, 0.1) is 22.7 Å². The van der Waals surface area contributed by atoms with Gasteiger partial charge < -0.3 is 11.1 Å². The molecule has 0 aliphatic carbocycles. The predicted octanol–water partition coefficient (Wildman–Crippen LogP) is 8.40. The van der Waals surface area contributed by atoms with Crippen molar-refractivity contribution in [1.82, 2.24) is 8.75 Å². The highest BCUT2D eigenvalue weighted by atomic mass is 35.5. The maximum atomic E-state index is 11.9. The molecule has 3 N–H and O–H groups in total. The first kappa shape index (κ1) is 34.4. The van der Waals surface area contributed by atoms with E-state index in [2.05, 4.69) is 25.7 Å². The van der Waals surface area contributed by atoms with Crippen LogP contribution in [0.1, 0.15) is 30.5 Å². The number of carbonyl (C=O) groups is 2. The number of nitrogens with zero attached hydrogens (tertiary/aromatic N) is 4. The molecule has 1 amide bonds. The van der Waals surface area contributed by atoms with Crippen LogP contribution >= 0.6 is 92.7 Å². The van der Waals surface area contributed by atoms with Crippen LogP contribution < -0.4 is 11.1 Å². The highest BCUT2D eigenvalue weighted by Crippen LogP contribution is 2.30. The van der Waals surface area contributed by atoms with Gasteiger partial charge in [-0.1, -0.05) is 70.7 Å². The number of nitrogens with two attached hydrogens (primary N) is 1. The molecule has 0 saturated heterocycles. The van der Waals surface area contributed by atoms with Gasteiger partial charge in [0, 0.05) is 12.1 Å². The Bertz CT molecular complexity index is 1510. The second-order valence-corrected chi connectivity index (χ2v) is 9.68. The zero-order valence-electron chi connectivity index (χ0n) is 19.4. The Balaban J connectivity index is 0.000000307. The highest BCUT2D eigenvalue weighted by molar-refractivity contribution is 7.11. The summed E-state index contributed by atoms with van der Waals surface area (Å²) < 4.78 is 7.38. The quantitative estimate of drug-likeness (QED) is 0.125. The third-order valence-electron chi connectivity index (χ3n) is 3.96. The van der Waals surface area contributed by atoms with Crippen LogP contribution in [0.25, 0.3) is 0 Å². The van der Waals surface area contributed by atoms with Gasteiger partial charge in [-0.15, -0.1) is 11.6 Å². The minimum atomic E-state index is -0.630. The van der Waals surface area contributed by atoms with Crippen LogP contribution in [0.5, 0.6) is 0 Å². The van der Waals surface area contributed by atoms with Gasteiger partial charge in [-0.3, -0.25) is 9.59 Å². The van der Waals surface area contributed by atoms with Crippen LogP contribution in [0.15, 0.2) is 48.5 Å². The molecule has 4 rings (SSSR count). The molecule has 0 atom stereocenters. The molecule has 0 radical (unpaired) electrons. The zero-order valence-corrected chi connectivity index (χ0v) is 25.6. The van der Waals surface area contributed by atoms with Crippen molar-refractivity contribution in [1.29, 1.82) is 10.5 Å². The van der Waals surface area contributed by atoms with Gasteiger partial charge >= 0.3 is 0 Å². The molecule has 4 aromatic rings. The van der Waals surface area contributed by atoms with Crippen molar-refractivity contribution in [2.75, 3.05) is 17.4 Å². The summed E-state index contributed by atoms with van der Waals surface area (Å²) in [4.78, 5) is 22.8. The van der Waals surface area contributed by atoms with E-state index in [-0.39, 0.29) is 30.1 Å². The molecule has 8 nitrogen and oxygen atoms in total. The number of benzene rings is 2. The van der Waals surface area contributed by atoms with E-state index in [0.717, 1.165) is 23.1 Å². The van der Waals surface area contributed by atoms with Gasteiger partial charge in [-0.05, 0) is 58.9 Å². The molecular formula is C23H14Cl6N6O2S2. The van der Waals surface area contributed by atoms with Crippen molar-refractivity contribution in [3.63, 3.8) is 0 Å². The topological polar surface area (TPSA) is 146 Å². The molecule has 0 bridgehead atoms. The van der Waals surface area contributed by atoms with E-state index in [9.17, 15) is 9.59 Å². The molecule has 39 heavy (non-hydrogen) atoms. The molecule has 2 aromatic carbocycles. The van der Waals surface area contributed by atoms with Crippen LogP contribution in [0.2, 0.25) is 20.4 Å². The number of nitriles is 2. The van der Waals surface area contributed by atoms with Crippen LogP contribution in [-0.4, -0.2) is 26.3 Å². The maximum absolute atomic E-state index is 11.9. The van der Waals surface area contributed by atoms with E-state index in [1.54, 1.807) is 48.5 Å². The lowest BCUT2D eigenvalue weighted by molar-refractivity contribution is 0.102. The molecule has 0 fully saturated rings. The van der Waals surface area contributed by atoms with Gasteiger partial charge in [0.25, 0.3) is 11.1 Å². The number of nitrogens with one attached hydrogen (secondary N) is 1. The fraction of sp³-hybridized carbons (Fsp3) is 0.0435. The van der Waals surface area contributed by atoms with Crippen molar-refractivity contribution < 1.29 is 9.59 Å². The Morgan fingerprint density at radius 2 is 1.28 bits per heavy atom. The molecule has 2 heterocycles. The number of alkyl halides is 1. The van der Waals surface area contributed by atoms with Gasteiger partial charge in [0.15, 0.2) is 10.3 Å². The van der Waals surface area contributed by atoms with Gasteiger partial charge in [-0.25, -0.2) is 0 Å². The highest BCUT2D eigenvalue weighted by Gasteiger charge is 2.18. The fourth-order valence-electron chi connectivity index (χ4n) is 2.25. The number of carbonyl (C=O) groups excluding carboxylic acids is 2. The molecule has 16 heteroatoms. The Kier molecular flexibility index (Phi) is 15.7. The second kappa shape index (κ2) is 17.9. The number of hydrogen-bond donors (Lipinski definition) is 2. The predicted molar refractivity (Wildman–Crippen MR) is 161 cm³/mol. The summed E-state index contributed by atoms with van der Waals surface area (Å²) in [6.07, 6.45) is 1.47. The monoisotopic (exact) mass is 680 g/mol. The van der Waals surface area contributed by atoms with Crippen molar-refractivity contribution in [3.8, 4) is 12.1 Å². The van der Waals surface area contributed by atoms with E-state index < -0.39 is 11.1 Å². The van der Waals surface area contributed by atoms with Crippen molar-refractivity contribution in [2.45, 2.75) is 0 Å². The standard InChI is InChI=1S/C11H5Cl2N3OS.C7H6N2.C4Cl3NOS.CH3Cl/c12-8-9(18-16-10(8)13)11(17)15-7-4-2-1-3-6(7)5-14;8-5-6-3-1-2-4-7(6)9;5-1-2(4(7)9)10-8-3(1)6;1-2/h1-4H,(H,15,17);1-4H,9H2;;1H3. The van der Waals surface area contributed by atoms with Crippen LogP contribution in [-0.2, 0) is 0 Å². The fourth-order valence-corrected chi connectivity index (χ4v) is 4.65. The Morgan fingerprint density at radius 1 is 0.821 bits per heavy atom. The minimum Gasteiger partial charge on any atom is -0.398 e. The first-order valence-corrected chi connectivity index (χ1v) is 14.0. The largest absolute Gasteiger partial charge is 0.398 e. The van der Waals surface area contributed by atoms with Gasteiger partial charge in [-0.2, -0.15) is 19.3 Å². The van der Waals surface area contributed by atoms with Gasteiger partial charge in [0.2, 0.25) is 0 Å². The van der Waals surface area contributed by atoms with Gasteiger partial charge in [0.1, 0.15) is 31.9 Å². The molecule has 2 aromatic heterocycles. The molecule has 0 unspecified atom stereocenters. The average Bonchev–Trinajstić information content (AvgIpc) is 3.46. The van der Waals surface area contributed by atoms with Crippen LogP contribution in [0.3, 0.4) is 0 Å². The molecule has 0 aliphatic rings. The smallest absolute Gasteiger partial charge is 0.269 e. The van der Waals surface area contributed by atoms with Gasteiger partial charge in [0.05, 0.1) is 16.8 Å². The van der Waals surface area contributed by atoms with Crippen molar-refractivity contribution in [2.24, 2.45) is 0 Å². The van der Waals surface area contributed by atoms with Crippen molar-refractivity contribution >= 4 is 115 Å². The molecular weight excluding hydrogens is 669 g/mol. The molecule has 202 valence electrons. The summed E-state index contributed by atoms with van der Waals surface area (Å²) in [7, 11) is 0. The summed E-state index contributed by atoms with van der Waals surface area (Å²) in [5.74, 6) is -0.438. The van der Waals surface area contributed by atoms with E-state index in [1.807, 2.05) is 12.1 Å². The SMILES string of the molecule is CCl.N#Cc1ccccc1N.N#Cc1ccccc1NC(=O)c1snc(Cl)c1Cl.O=C(Cl)c1snc(Cl)c1Cl. The van der Waals surface area contributed by atoms with Crippen LogP contribution in [0.4, 0.5) is 11.4 Å². The number of aromatic nitrogens is 2. The lowest BCUT2D eigenvalue weighted by Crippen LogP contribution is -2.11.